The van der Waals surface area contributed by atoms with E-state index in [0.717, 1.165) is 5.39 Å². The Kier molecular flexibility index (Phi) is 2.55. The van der Waals surface area contributed by atoms with Crippen molar-refractivity contribution in [3.8, 4) is 0 Å². The van der Waals surface area contributed by atoms with Crippen LogP contribution in [0.3, 0.4) is 0 Å². The summed E-state index contributed by atoms with van der Waals surface area (Å²) in [6, 6.07) is 8.60. The van der Waals surface area contributed by atoms with Gasteiger partial charge >= 0.3 is 5.97 Å². The molecule has 1 atom stereocenters. The van der Waals surface area contributed by atoms with Crippen molar-refractivity contribution < 1.29 is 14.1 Å². The maximum absolute atomic E-state index is 11.8. The third kappa shape index (κ3) is 1.92. The van der Waals surface area contributed by atoms with Gasteiger partial charge in [-0.15, -0.1) is 0 Å². The van der Waals surface area contributed by atoms with E-state index in [9.17, 15) is 9.00 Å². The highest BCUT2D eigenvalue weighted by Gasteiger charge is 2.11. The van der Waals surface area contributed by atoms with Crippen molar-refractivity contribution in [2.45, 2.75) is 4.90 Å². The van der Waals surface area contributed by atoms with E-state index in [4.69, 9.17) is 9.89 Å². The van der Waals surface area contributed by atoms with Gasteiger partial charge in [-0.2, -0.15) is 0 Å². The van der Waals surface area contributed by atoms with Crippen LogP contribution in [-0.4, -0.2) is 30.9 Å². The highest BCUT2D eigenvalue weighted by molar-refractivity contribution is 7.91. The summed E-state index contributed by atoms with van der Waals surface area (Å²) in [5, 5.41) is 9.85. The summed E-state index contributed by atoms with van der Waals surface area (Å²) in [5.74, 6) is -1.10. The maximum Gasteiger partial charge on any atom is 0.356 e. The molecule has 0 spiro atoms. The summed E-state index contributed by atoms with van der Waals surface area (Å²) < 4.78 is 21.1. The number of pyridine rings is 1. The second-order valence-electron chi connectivity index (χ2n) is 4.56. The Labute approximate surface area is 114 Å². The van der Waals surface area contributed by atoms with Gasteiger partial charge in [-0.3, -0.25) is 4.40 Å². The number of fused-ring (bicyclic) bond motifs is 3. The van der Waals surface area contributed by atoms with Gasteiger partial charge in [0.2, 0.25) is 0 Å². The number of nitrogens with one attached hydrogen (secondary N) is 1. The fraction of sp³-hybridized carbons (Fsp3) is 0.0769. The highest BCUT2D eigenvalue weighted by Crippen LogP contribution is 2.21. The van der Waals surface area contributed by atoms with Crippen LogP contribution in [0, 0.1) is 4.78 Å². The van der Waals surface area contributed by atoms with Crippen molar-refractivity contribution >= 4 is 32.2 Å². The standard InChI is InChI=1S/C13H11N3O3S/c1-20(14,19)9-4-2-8-3-5-12-15-10(13(17)18)7-16(12)11(8)6-9/h2-7,14H,1H3,(H,17,18). The zero-order chi connectivity index (χ0) is 14.5. The van der Waals surface area contributed by atoms with E-state index >= 15 is 0 Å². The first kappa shape index (κ1) is 12.6. The Morgan fingerprint density at radius 1 is 1.35 bits per heavy atom. The van der Waals surface area contributed by atoms with Crippen molar-refractivity contribution in [1.82, 2.24) is 9.38 Å². The number of carbonyl (C=O) groups is 1. The third-order valence-corrected chi connectivity index (χ3v) is 4.23. The van der Waals surface area contributed by atoms with Crippen LogP contribution in [-0.2, 0) is 9.73 Å². The quantitative estimate of drug-likeness (QED) is 0.756. The minimum Gasteiger partial charge on any atom is -0.476 e. The van der Waals surface area contributed by atoms with Crippen LogP contribution in [0.15, 0.2) is 41.4 Å². The van der Waals surface area contributed by atoms with E-state index in [-0.39, 0.29) is 5.69 Å². The number of benzene rings is 1. The summed E-state index contributed by atoms with van der Waals surface area (Å²) >= 11 is 0. The summed E-state index contributed by atoms with van der Waals surface area (Å²) in [6.07, 6.45) is 2.77. The van der Waals surface area contributed by atoms with E-state index in [0.29, 0.717) is 16.1 Å². The topological polar surface area (TPSA) is 95.5 Å². The van der Waals surface area contributed by atoms with Crippen molar-refractivity contribution in [2.75, 3.05) is 6.26 Å². The van der Waals surface area contributed by atoms with Crippen LogP contribution in [0.4, 0.5) is 0 Å². The number of aromatic carboxylic acids is 1. The molecule has 0 saturated heterocycles. The van der Waals surface area contributed by atoms with Crippen LogP contribution in [0.2, 0.25) is 0 Å². The van der Waals surface area contributed by atoms with Gasteiger partial charge in [-0.25, -0.2) is 18.8 Å². The first-order valence-corrected chi connectivity index (χ1v) is 7.72. The van der Waals surface area contributed by atoms with Gasteiger partial charge in [0, 0.05) is 17.3 Å². The Bertz CT molecular complexity index is 958. The molecule has 0 aliphatic heterocycles. The van der Waals surface area contributed by atoms with E-state index in [1.807, 2.05) is 6.07 Å². The predicted octanol–water partition coefficient (Wildman–Crippen LogP) is 2.22. The number of nitrogens with zero attached hydrogens (tertiary/aromatic N) is 2. The molecule has 102 valence electrons. The SMILES string of the molecule is CS(=N)(=O)c1ccc2ccc3nc(C(=O)O)cn3c2c1. The summed E-state index contributed by atoms with van der Waals surface area (Å²) in [4.78, 5) is 15.4. The molecule has 6 nitrogen and oxygen atoms in total. The molecule has 2 aromatic heterocycles. The summed E-state index contributed by atoms with van der Waals surface area (Å²) in [7, 11) is -2.82. The van der Waals surface area contributed by atoms with Crippen LogP contribution < -0.4 is 0 Å². The van der Waals surface area contributed by atoms with Crippen molar-refractivity contribution in [1.29, 1.82) is 4.78 Å². The second-order valence-corrected chi connectivity index (χ2v) is 6.72. The van der Waals surface area contributed by atoms with E-state index in [1.54, 1.807) is 28.7 Å². The van der Waals surface area contributed by atoms with Crippen molar-refractivity contribution in [3.63, 3.8) is 0 Å². The number of hydrogen-bond donors (Lipinski definition) is 2. The molecule has 0 saturated carbocycles. The van der Waals surface area contributed by atoms with Gasteiger partial charge < -0.3 is 5.11 Å². The molecule has 0 radical (unpaired) electrons. The lowest BCUT2D eigenvalue weighted by Crippen LogP contribution is -1.96. The molecule has 1 aromatic carbocycles. The normalized spacial score (nSPS) is 14.4. The number of imidazole rings is 1. The molecule has 0 aliphatic carbocycles. The van der Waals surface area contributed by atoms with Gasteiger partial charge in [-0.1, -0.05) is 6.07 Å². The Morgan fingerprint density at radius 3 is 2.70 bits per heavy atom. The zero-order valence-electron chi connectivity index (χ0n) is 10.5. The zero-order valence-corrected chi connectivity index (χ0v) is 11.3. The fourth-order valence-electron chi connectivity index (χ4n) is 2.09. The first-order valence-electron chi connectivity index (χ1n) is 5.75. The van der Waals surface area contributed by atoms with E-state index < -0.39 is 15.7 Å². The van der Waals surface area contributed by atoms with Crippen LogP contribution >= 0.6 is 0 Å². The van der Waals surface area contributed by atoms with Crippen molar-refractivity contribution in [2.24, 2.45) is 0 Å². The Hall–Kier alpha value is -2.41. The van der Waals surface area contributed by atoms with Gasteiger partial charge in [-0.05, 0) is 29.7 Å². The number of aromatic nitrogens is 2. The summed E-state index contributed by atoms with van der Waals surface area (Å²) in [6.45, 7) is 0. The molecule has 1 unspecified atom stereocenters. The minimum atomic E-state index is -2.82. The van der Waals surface area contributed by atoms with Crippen molar-refractivity contribution in [3.05, 3.63) is 42.2 Å². The summed E-state index contributed by atoms with van der Waals surface area (Å²) in [5.41, 5.74) is 1.13. The number of hydrogen-bond acceptors (Lipinski definition) is 4. The highest BCUT2D eigenvalue weighted by atomic mass is 32.2. The molecule has 3 aromatic rings. The Morgan fingerprint density at radius 2 is 2.05 bits per heavy atom. The van der Waals surface area contributed by atoms with E-state index in [2.05, 4.69) is 4.98 Å². The van der Waals surface area contributed by atoms with Crippen LogP contribution in [0.1, 0.15) is 10.5 Å². The fourth-order valence-corrected chi connectivity index (χ4v) is 2.75. The van der Waals surface area contributed by atoms with E-state index in [1.165, 1.54) is 12.5 Å². The average Bonchev–Trinajstić information content (AvgIpc) is 2.81. The molecule has 0 amide bonds. The molecule has 2 heterocycles. The number of carboxylic acids is 1. The lowest BCUT2D eigenvalue weighted by molar-refractivity contribution is 0.0691. The molecule has 0 bridgehead atoms. The van der Waals surface area contributed by atoms with Gasteiger partial charge in [0.1, 0.15) is 5.65 Å². The molecule has 0 aliphatic rings. The molecule has 0 fully saturated rings. The molecular weight excluding hydrogens is 278 g/mol. The molecule has 3 rings (SSSR count). The number of rotatable bonds is 2. The average molecular weight is 289 g/mol. The Balaban J connectivity index is 2.41. The predicted molar refractivity (Wildman–Crippen MR) is 74.7 cm³/mol. The smallest absolute Gasteiger partial charge is 0.356 e. The molecule has 20 heavy (non-hydrogen) atoms. The molecule has 2 N–H and O–H groups in total. The molecule has 7 heteroatoms. The van der Waals surface area contributed by atoms with Crippen LogP contribution in [0.25, 0.3) is 16.6 Å². The minimum absolute atomic E-state index is 0.0500. The maximum atomic E-state index is 11.8. The lowest BCUT2D eigenvalue weighted by Gasteiger charge is -2.05. The number of carboxylic acid groups (broad SMARTS) is 1. The third-order valence-electron chi connectivity index (χ3n) is 3.08. The lowest BCUT2D eigenvalue weighted by atomic mass is 10.2. The van der Waals surface area contributed by atoms with Crippen LogP contribution in [0.5, 0.6) is 0 Å². The van der Waals surface area contributed by atoms with Gasteiger partial charge in [0.15, 0.2) is 5.69 Å². The first-order chi connectivity index (χ1) is 9.36. The largest absolute Gasteiger partial charge is 0.476 e. The second kappa shape index (κ2) is 4.04. The van der Waals surface area contributed by atoms with Gasteiger partial charge in [0.25, 0.3) is 0 Å². The van der Waals surface area contributed by atoms with Gasteiger partial charge in [0.05, 0.1) is 15.2 Å². The monoisotopic (exact) mass is 289 g/mol. The molecular formula is C13H11N3O3S.